The summed E-state index contributed by atoms with van der Waals surface area (Å²) in [5, 5.41) is 6.24. The van der Waals surface area contributed by atoms with E-state index in [9.17, 15) is 4.79 Å². The van der Waals surface area contributed by atoms with Crippen LogP contribution in [0, 0.1) is 0 Å². The summed E-state index contributed by atoms with van der Waals surface area (Å²) < 4.78 is 0. The lowest BCUT2D eigenvalue weighted by Gasteiger charge is -2.24. The standard InChI is InChI=1S/C27H35N5O/c1-4-7-8-26(33)29-22-11-9-21(10-12-22)25-17-18-28-27(31-25)30-23-13-15-24(16-14-23)32(19-5-2)20-6-3/h9-18H,4-8,19-20H2,1-3H3,(H,29,33)(H,28,30,31). The Bertz CT molecular complexity index is 996. The lowest BCUT2D eigenvalue weighted by molar-refractivity contribution is -0.116. The number of carbonyl (C=O) groups excluding carboxylic acids is 1. The second kappa shape index (κ2) is 12.6. The highest BCUT2D eigenvalue weighted by Gasteiger charge is 2.07. The molecule has 1 heterocycles. The van der Waals surface area contributed by atoms with Crippen LogP contribution in [0.1, 0.15) is 52.9 Å². The fourth-order valence-corrected chi connectivity index (χ4v) is 3.66. The van der Waals surface area contributed by atoms with E-state index in [1.54, 1.807) is 6.20 Å². The zero-order valence-corrected chi connectivity index (χ0v) is 20.0. The number of amides is 1. The Labute approximate surface area is 197 Å². The number of rotatable bonds is 12. The molecule has 0 aliphatic rings. The predicted molar refractivity (Wildman–Crippen MR) is 138 cm³/mol. The van der Waals surface area contributed by atoms with Crippen LogP contribution in [0.15, 0.2) is 60.8 Å². The number of unbranched alkanes of at least 4 members (excludes halogenated alkanes) is 1. The van der Waals surface area contributed by atoms with Gasteiger partial charge in [0.2, 0.25) is 11.9 Å². The molecule has 0 fully saturated rings. The highest BCUT2D eigenvalue weighted by Crippen LogP contribution is 2.23. The van der Waals surface area contributed by atoms with Crippen molar-refractivity contribution in [1.82, 2.24) is 9.97 Å². The molecule has 2 aromatic carbocycles. The number of nitrogens with one attached hydrogen (secondary N) is 2. The zero-order chi connectivity index (χ0) is 23.5. The summed E-state index contributed by atoms with van der Waals surface area (Å²) in [5.74, 6) is 0.604. The molecule has 0 saturated carbocycles. The van der Waals surface area contributed by atoms with E-state index in [0.717, 1.165) is 61.4 Å². The number of anilines is 4. The number of hydrogen-bond donors (Lipinski definition) is 2. The van der Waals surface area contributed by atoms with Gasteiger partial charge in [-0.15, -0.1) is 0 Å². The molecular formula is C27H35N5O. The largest absolute Gasteiger partial charge is 0.372 e. The van der Waals surface area contributed by atoms with Crippen LogP contribution in [0.4, 0.5) is 23.0 Å². The third-order valence-electron chi connectivity index (χ3n) is 5.35. The summed E-state index contributed by atoms with van der Waals surface area (Å²) in [6.45, 7) is 8.62. The number of nitrogens with zero attached hydrogens (tertiary/aromatic N) is 3. The summed E-state index contributed by atoms with van der Waals surface area (Å²) in [7, 11) is 0. The number of hydrogen-bond acceptors (Lipinski definition) is 5. The summed E-state index contributed by atoms with van der Waals surface area (Å²) in [4.78, 5) is 23.4. The molecule has 0 spiro atoms. The highest BCUT2D eigenvalue weighted by atomic mass is 16.1. The van der Waals surface area contributed by atoms with Crippen LogP contribution in [-0.2, 0) is 4.79 Å². The predicted octanol–water partition coefficient (Wildman–Crippen LogP) is 6.64. The molecule has 0 atom stereocenters. The van der Waals surface area contributed by atoms with E-state index in [0.29, 0.717) is 12.4 Å². The van der Waals surface area contributed by atoms with Gasteiger partial charge in [-0.3, -0.25) is 4.79 Å². The quantitative estimate of drug-likeness (QED) is 0.327. The molecule has 3 aromatic rings. The Morgan fingerprint density at radius 1 is 0.848 bits per heavy atom. The first-order valence-electron chi connectivity index (χ1n) is 12.0. The summed E-state index contributed by atoms with van der Waals surface area (Å²) >= 11 is 0. The molecule has 0 saturated heterocycles. The molecule has 0 radical (unpaired) electrons. The van der Waals surface area contributed by atoms with Crippen LogP contribution in [0.5, 0.6) is 0 Å². The van der Waals surface area contributed by atoms with Crippen molar-refractivity contribution in [2.24, 2.45) is 0 Å². The summed E-state index contributed by atoms with van der Waals surface area (Å²) in [5.41, 5.74) is 4.78. The van der Waals surface area contributed by atoms with Gasteiger partial charge in [0.15, 0.2) is 0 Å². The van der Waals surface area contributed by atoms with Crippen molar-refractivity contribution < 1.29 is 4.79 Å². The van der Waals surface area contributed by atoms with Crippen molar-refractivity contribution in [3.63, 3.8) is 0 Å². The molecule has 1 aromatic heterocycles. The van der Waals surface area contributed by atoms with E-state index in [4.69, 9.17) is 0 Å². The Morgan fingerprint density at radius 2 is 1.52 bits per heavy atom. The Hall–Kier alpha value is -3.41. The van der Waals surface area contributed by atoms with Crippen molar-refractivity contribution in [3.8, 4) is 11.3 Å². The minimum atomic E-state index is 0.0525. The molecule has 33 heavy (non-hydrogen) atoms. The molecule has 0 unspecified atom stereocenters. The fourth-order valence-electron chi connectivity index (χ4n) is 3.66. The van der Waals surface area contributed by atoms with Crippen LogP contribution < -0.4 is 15.5 Å². The average Bonchev–Trinajstić information content (AvgIpc) is 2.84. The smallest absolute Gasteiger partial charge is 0.227 e. The van der Waals surface area contributed by atoms with E-state index in [2.05, 4.69) is 70.5 Å². The molecule has 1 amide bonds. The minimum Gasteiger partial charge on any atom is -0.372 e. The maximum atomic E-state index is 11.9. The van der Waals surface area contributed by atoms with E-state index in [1.165, 1.54) is 5.69 Å². The third kappa shape index (κ3) is 7.31. The Balaban J connectivity index is 1.65. The van der Waals surface area contributed by atoms with Gasteiger partial charge < -0.3 is 15.5 Å². The van der Waals surface area contributed by atoms with Gasteiger partial charge in [0.1, 0.15) is 0 Å². The maximum absolute atomic E-state index is 11.9. The third-order valence-corrected chi connectivity index (χ3v) is 5.35. The second-order valence-corrected chi connectivity index (χ2v) is 8.15. The molecule has 3 rings (SSSR count). The fraction of sp³-hybridized carbons (Fsp3) is 0.370. The average molecular weight is 446 g/mol. The first-order chi connectivity index (χ1) is 16.1. The van der Waals surface area contributed by atoms with Gasteiger partial charge in [0.05, 0.1) is 5.69 Å². The Kier molecular flexibility index (Phi) is 9.24. The first kappa shape index (κ1) is 24.2. The van der Waals surface area contributed by atoms with Crippen molar-refractivity contribution in [2.45, 2.75) is 52.9 Å². The van der Waals surface area contributed by atoms with Gasteiger partial charge in [-0.2, -0.15) is 0 Å². The van der Waals surface area contributed by atoms with E-state index in [-0.39, 0.29) is 5.91 Å². The van der Waals surface area contributed by atoms with Gasteiger partial charge in [-0.25, -0.2) is 9.97 Å². The van der Waals surface area contributed by atoms with Crippen LogP contribution in [-0.4, -0.2) is 29.0 Å². The Morgan fingerprint density at radius 3 is 2.15 bits per heavy atom. The van der Waals surface area contributed by atoms with E-state index in [1.807, 2.05) is 30.3 Å². The molecule has 0 aliphatic heterocycles. The van der Waals surface area contributed by atoms with E-state index >= 15 is 0 Å². The summed E-state index contributed by atoms with van der Waals surface area (Å²) in [6.07, 6.45) is 6.48. The molecule has 6 heteroatoms. The van der Waals surface area contributed by atoms with Gasteiger partial charge in [-0.05, 0) is 61.7 Å². The number of carbonyl (C=O) groups is 1. The number of benzene rings is 2. The zero-order valence-electron chi connectivity index (χ0n) is 20.0. The minimum absolute atomic E-state index is 0.0525. The van der Waals surface area contributed by atoms with Crippen LogP contribution >= 0.6 is 0 Å². The molecule has 2 N–H and O–H groups in total. The highest BCUT2D eigenvalue weighted by molar-refractivity contribution is 5.90. The van der Waals surface area contributed by atoms with Gasteiger partial charge in [0.25, 0.3) is 0 Å². The van der Waals surface area contributed by atoms with Crippen molar-refractivity contribution in [3.05, 3.63) is 60.8 Å². The normalized spacial score (nSPS) is 10.6. The van der Waals surface area contributed by atoms with Crippen LogP contribution in [0.3, 0.4) is 0 Å². The van der Waals surface area contributed by atoms with Crippen LogP contribution in [0.25, 0.3) is 11.3 Å². The van der Waals surface area contributed by atoms with Gasteiger partial charge in [0, 0.05) is 48.3 Å². The second-order valence-electron chi connectivity index (χ2n) is 8.15. The van der Waals surface area contributed by atoms with Crippen molar-refractivity contribution in [2.75, 3.05) is 28.6 Å². The summed E-state index contributed by atoms with van der Waals surface area (Å²) in [6, 6.07) is 18.1. The van der Waals surface area contributed by atoms with Crippen molar-refractivity contribution >= 4 is 28.9 Å². The number of aromatic nitrogens is 2. The van der Waals surface area contributed by atoms with Gasteiger partial charge in [-0.1, -0.05) is 39.3 Å². The molecule has 174 valence electrons. The topological polar surface area (TPSA) is 70.2 Å². The molecular weight excluding hydrogens is 410 g/mol. The first-order valence-corrected chi connectivity index (χ1v) is 12.0. The van der Waals surface area contributed by atoms with Crippen LogP contribution in [0.2, 0.25) is 0 Å². The van der Waals surface area contributed by atoms with Gasteiger partial charge >= 0.3 is 0 Å². The maximum Gasteiger partial charge on any atom is 0.227 e. The molecule has 0 aliphatic carbocycles. The van der Waals surface area contributed by atoms with E-state index < -0.39 is 0 Å². The lowest BCUT2D eigenvalue weighted by atomic mass is 10.1. The SMILES string of the molecule is CCCCC(=O)Nc1ccc(-c2ccnc(Nc3ccc(N(CCC)CCC)cc3)n2)cc1. The molecule has 0 bridgehead atoms. The lowest BCUT2D eigenvalue weighted by Crippen LogP contribution is -2.24. The monoisotopic (exact) mass is 445 g/mol. The molecule has 6 nitrogen and oxygen atoms in total. The van der Waals surface area contributed by atoms with Crippen molar-refractivity contribution in [1.29, 1.82) is 0 Å².